The van der Waals surface area contributed by atoms with E-state index in [4.69, 9.17) is 14.2 Å². The molecule has 230 valence electrons. The van der Waals surface area contributed by atoms with Crippen molar-refractivity contribution in [3.63, 3.8) is 0 Å². The van der Waals surface area contributed by atoms with Gasteiger partial charge in [0.25, 0.3) is 0 Å². The minimum Gasteiger partial charge on any atom is -0.460 e. The highest BCUT2D eigenvalue weighted by molar-refractivity contribution is 5.95. The normalized spacial score (nSPS) is 31.4. The first kappa shape index (κ1) is 32.8. The molecule has 0 aliphatic carbocycles. The van der Waals surface area contributed by atoms with Gasteiger partial charge in [-0.15, -0.1) is 0 Å². The van der Waals surface area contributed by atoms with Crippen molar-refractivity contribution in [1.29, 1.82) is 0 Å². The molecule has 0 saturated carbocycles. The summed E-state index contributed by atoms with van der Waals surface area (Å²) < 4.78 is 17.8. The van der Waals surface area contributed by atoms with Crippen molar-refractivity contribution in [2.24, 2.45) is 5.92 Å². The predicted molar refractivity (Wildman–Crippen MR) is 155 cm³/mol. The first-order valence-corrected chi connectivity index (χ1v) is 14.9. The maximum absolute atomic E-state index is 13.5. The van der Waals surface area contributed by atoms with Crippen LogP contribution in [0.5, 0.6) is 0 Å². The highest BCUT2D eigenvalue weighted by Crippen LogP contribution is 2.36. The zero-order valence-corrected chi connectivity index (χ0v) is 27.0. The second-order valence-electron chi connectivity index (χ2n) is 16.1. The molecule has 3 atom stereocenters. The van der Waals surface area contributed by atoms with Gasteiger partial charge in [0.05, 0.1) is 16.6 Å². The highest BCUT2D eigenvalue weighted by Gasteiger charge is 2.50. The van der Waals surface area contributed by atoms with E-state index in [1.165, 1.54) is 0 Å². The summed E-state index contributed by atoms with van der Waals surface area (Å²) in [4.78, 5) is 39.8. The molecule has 0 spiro atoms. The van der Waals surface area contributed by atoms with Crippen LogP contribution in [0.15, 0.2) is 0 Å². The van der Waals surface area contributed by atoms with E-state index in [2.05, 4.69) is 57.5 Å². The number of esters is 3. The Labute approximate surface area is 241 Å². The van der Waals surface area contributed by atoms with Gasteiger partial charge in [-0.1, -0.05) is 0 Å². The van der Waals surface area contributed by atoms with E-state index in [-0.39, 0.29) is 59.3 Å². The van der Waals surface area contributed by atoms with Gasteiger partial charge in [-0.05, 0) is 95.9 Å². The number of hydrogen-bond acceptors (Lipinski definition) is 9. The monoisotopic (exact) mass is 565 g/mol. The second kappa shape index (κ2) is 10.8. The van der Waals surface area contributed by atoms with Gasteiger partial charge < -0.3 is 30.2 Å². The third kappa shape index (κ3) is 7.97. The zero-order chi connectivity index (χ0) is 30.5. The van der Waals surface area contributed by atoms with Crippen LogP contribution in [0.2, 0.25) is 0 Å². The largest absolute Gasteiger partial charge is 0.460 e. The Bertz CT molecular complexity index is 934. The molecule has 9 nitrogen and oxygen atoms in total. The minimum atomic E-state index is -1.12. The lowest BCUT2D eigenvalue weighted by Crippen LogP contribution is -2.49. The zero-order valence-electron chi connectivity index (χ0n) is 27.0. The third-order valence-electron chi connectivity index (χ3n) is 8.72. The van der Waals surface area contributed by atoms with Crippen LogP contribution in [-0.2, 0) is 28.6 Å². The number of nitrogens with one attached hydrogen (secondary N) is 3. The van der Waals surface area contributed by atoms with Crippen LogP contribution in [0, 0.1) is 5.92 Å². The van der Waals surface area contributed by atoms with Crippen molar-refractivity contribution in [2.75, 3.05) is 0 Å². The Balaban J connectivity index is 1.67. The van der Waals surface area contributed by atoms with Gasteiger partial charge in [0, 0.05) is 42.3 Å². The van der Waals surface area contributed by atoms with E-state index < -0.39 is 28.9 Å². The minimum absolute atomic E-state index is 0.108. The average molecular weight is 566 g/mol. The van der Waals surface area contributed by atoms with Gasteiger partial charge in [-0.2, -0.15) is 0 Å². The van der Waals surface area contributed by atoms with Crippen molar-refractivity contribution in [1.82, 2.24) is 16.0 Å². The summed E-state index contributed by atoms with van der Waals surface area (Å²) in [5.74, 6) is -2.64. The first-order valence-electron chi connectivity index (χ1n) is 14.9. The van der Waals surface area contributed by atoms with Gasteiger partial charge in [0.1, 0.15) is 18.3 Å². The highest BCUT2D eigenvalue weighted by atomic mass is 16.6. The molecular weight excluding hydrogens is 510 g/mol. The van der Waals surface area contributed by atoms with Crippen LogP contribution in [0.3, 0.4) is 0 Å². The van der Waals surface area contributed by atoms with Gasteiger partial charge >= 0.3 is 17.9 Å². The molecule has 3 aliphatic rings. The molecule has 0 aromatic rings. The fraction of sp³-hybridized carbons (Fsp3) is 0.903. The number of hydrogen-bond donors (Lipinski definition) is 3. The van der Waals surface area contributed by atoms with Crippen LogP contribution in [0.4, 0.5) is 0 Å². The Morgan fingerprint density at radius 2 is 0.925 bits per heavy atom. The van der Waals surface area contributed by atoms with E-state index in [0.29, 0.717) is 19.3 Å². The van der Waals surface area contributed by atoms with E-state index in [1.54, 1.807) is 0 Å². The molecule has 40 heavy (non-hydrogen) atoms. The summed E-state index contributed by atoms with van der Waals surface area (Å²) in [5.41, 5.74) is -1.72. The van der Waals surface area contributed by atoms with Crippen molar-refractivity contribution in [3.8, 4) is 0 Å². The number of carbonyl (C=O) groups is 3. The number of ether oxygens (including phenoxy) is 3. The molecule has 3 heterocycles. The molecule has 3 N–H and O–H groups in total. The van der Waals surface area contributed by atoms with Crippen LogP contribution in [0.25, 0.3) is 0 Å². The lowest BCUT2D eigenvalue weighted by molar-refractivity contribution is -0.171. The summed E-state index contributed by atoms with van der Waals surface area (Å²) in [7, 11) is 0. The summed E-state index contributed by atoms with van der Waals surface area (Å²) in [6.45, 7) is 24.5. The van der Waals surface area contributed by atoms with Gasteiger partial charge in [-0.25, -0.2) is 0 Å². The molecule has 3 aliphatic heterocycles. The maximum Gasteiger partial charge on any atom is 0.320 e. The molecule has 0 bridgehead atoms. The fourth-order valence-corrected chi connectivity index (χ4v) is 7.18. The SMILES string of the molecule is CC1(C)CC(OC(=O)CCCC(C(=O)OC2CC(C)(C)NC2(C)C)C(=O)OC2CC(C)(C)NC2(C)C)C(C)(C)N1. The van der Waals surface area contributed by atoms with Crippen molar-refractivity contribution < 1.29 is 28.6 Å². The molecule has 0 amide bonds. The predicted octanol–water partition coefficient (Wildman–Crippen LogP) is 4.16. The Morgan fingerprint density at radius 3 is 1.23 bits per heavy atom. The van der Waals surface area contributed by atoms with Crippen LogP contribution in [-0.4, -0.2) is 69.5 Å². The molecule has 3 rings (SSSR count). The Hall–Kier alpha value is -1.71. The molecule has 0 radical (unpaired) electrons. The van der Waals surface area contributed by atoms with Crippen LogP contribution in [0.1, 0.15) is 122 Å². The van der Waals surface area contributed by atoms with Gasteiger partial charge in [0.15, 0.2) is 5.92 Å². The van der Waals surface area contributed by atoms with Crippen LogP contribution >= 0.6 is 0 Å². The molecule has 0 aromatic carbocycles. The molecule has 3 unspecified atom stereocenters. The molecule has 0 aromatic heterocycles. The third-order valence-corrected chi connectivity index (χ3v) is 8.72. The van der Waals surface area contributed by atoms with E-state index >= 15 is 0 Å². The quantitative estimate of drug-likeness (QED) is 0.215. The van der Waals surface area contributed by atoms with Crippen LogP contribution < -0.4 is 16.0 Å². The van der Waals surface area contributed by atoms with E-state index in [0.717, 1.165) is 6.42 Å². The van der Waals surface area contributed by atoms with E-state index in [1.807, 2.05) is 41.5 Å². The second-order valence-corrected chi connectivity index (χ2v) is 16.1. The lowest BCUT2D eigenvalue weighted by Gasteiger charge is -2.30. The van der Waals surface area contributed by atoms with E-state index in [9.17, 15) is 14.4 Å². The fourth-order valence-electron chi connectivity index (χ4n) is 7.18. The summed E-state index contributed by atoms with van der Waals surface area (Å²) in [6.07, 6.45) is 1.53. The average Bonchev–Trinajstić information content (AvgIpc) is 3.16. The van der Waals surface area contributed by atoms with Crippen molar-refractivity contribution >= 4 is 17.9 Å². The maximum atomic E-state index is 13.5. The number of rotatable bonds is 9. The van der Waals surface area contributed by atoms with Crippen molar-refractivity contribution in [2.45, 2.75) is 173 Å². The molecule has 3 fully saturated rings. The lowest BCUT2D eigenvalue weighted by atomic mass is 9.95. The topological polar surface area (TPSA) is 115 Å². The Kier molecular flexibility index (Phi) is 8.89. The molecular formula is C31H55N3O6. The first-order chi connectivity index (χ1) is 17.9. The van der Waals surface area contributed by atoms with Gasteiger partial charge in [-0.3, -0.25) is 14.4 Å². The summed E-state index contributed by atoms with van der Waals surface area (Å²) in [5, 5.41) is 10.5. The van der Waals surface area contributed by atoms with Gasteiger partial charge in [0.2, 0.25) is 0 Å². The summed E-state index contributed by atoms with van der Waals surface area (Å²) in [6, 6.07) is 0. The number of carbonyl (C=O) groups excluding carboxylic acids is 3. The standard InChI is InChI=1S/C31H55N3O6/c1-26(2)16-20(29(7,8)32-26)38-23(35)15-13-14-19(24(36)39-21-17-27(3,4)33-30(21,9)10)25(37)40-22-18-28(5,6)34-31(22,11)12/h19-22,32-34H,13-18H2,1-12H3. The Morgan fingerprint density at radius 1 is 0.600 bits per heavy atom. The molecule has 3 saturated heterocycles. The smallest absolute Gasteiger partial charge is 0.320 e. The van der Waals surface area contributed by atoms with Crippen molar-refractivity contribution in [3.05, 3.63) is 0 Å². The summed E-state index contributed by atoms with van der Waals surface area (Å²) >= 11 is 0. The molecule has 9 heteroatoms.